The van der Waals surface area contributed by atoms with Gasteiger partial charge in [0.1, 0.15) is 18.0 Å². The normalized spacial score (nSPS) is 12.7. The van der Waals surface area contributed by atoms with Gasteiger partial charge in [-0.25, -0.2) is 4.79 Å². The van der Waals surface area contributed by atoms with Crippen LogP contribution in [0.15, 0.2) is 22.7 Å². The largest absolute Gasteiger partial charge is 0.491 e. The minimum absolute atomic E-state index is 0.0696. The monoisotopic (exact) mass is 359 g/mol. The third-order valence-electron chi connectivity index (χ3n) is 2.52. The minimum atomic E-state index is -0.542. The second-order valence-electron chi connectivity index (χ2n) is 5.62. The van der Waals surface area contributed by atoms with Crippen molar-refractivity contribution in [3.8, 4) is 5.75 Å². The fourth-order valence-electron chi connectivity index (χ4n) is 1.71. The minimum Gasteiger partial charge on any atom is -0.491 e. The summed E-state index contributed by atoms with van der Waals surface area (Å²) in [5.41, 5.74) is 0.275. The van der Waals surface area contributed by atoms with Crippen LogP contribution in [0.3, 0.4) is 0 Å². The van der Waals surface area contributed by atoms with Gasteiger partial charge in [-0.3, -0.25) is 0 Å². The molecule has 1 atom stereocenters. The van der Waals surface area contributed by atoms with Crippen LogP contribution < -0.4 is 10.1 Å². The molecule has 0 aliphatic heterocycles. The molecule has 0 bridgehead atoms. The van der Waals surface area contributed by atoms with E-state index in [9.17, 15) is 4.79 Å². The van der Waals surface area contributed by atoms with Crippen LogP contribution in [-0.4, -0.2) is 30.0 Å². The highest BCUT2D eigenvalue weighted by Crippen LogP contribution is 2.29. The lowest BCUT2D eigenvalue weighted by atomic mass is 10.1. The number of carbonyl (C=O) groups is 1. The van der Waals surface area contributed by atoms with E-state index in [1.54, 1.807) is 6.07 Å². The molecule has 1 unspecified atom stereocenters. The first-order chi connectivity index (χ1) is 9.73. The Hall–Kier alpha value is -1.27. The number of aliphatic hydroxyl groups is 1. The molecule has 21 heavy (non-hydrogen) atoms. The van der Waals surface area contributed by atoms with Gasteiger partial charge in [0.05, 0.1) is 12.6 Å². The molecule has 0 radical (unpaired) electrons. The maximum absolute atomic E-state index is 11.8. The fraction of sp³-hybridized carbons (Fsp3) is 0.533. The van der Waals surface area contributed by atoms with Crippen molar-refractivity contribution in [2.75, 3.05) is 13.2 Å². The highest BCUT2D eigenvalue weighted by atomic mass is 79.9. The van der Waals surface area contributed by atoms with Gasteiger partial charge in [0, 0.05) is 10.0 Å². The Morgan fingerprint density at radius 1 is 1.43 bits per heavy atom. The molecule has 2 N–H and O–H groups in total. The summed E-state index contributed by atoms with van der Waals surface area (Å²) in [4.78, 5) is 11.8. The average molecular weight is 360 g/mol. The number of hydrogen-bond donors (Lipinski definition) is 2. The van der Waals surface area contributed by atoms with E-state index in [4.69, 9.17) is 14.6 Å². The molecule has 5 nitrogen and oxygen atoms in total. The second kappa shape index (κ2) is 7.66. The molecule has 118 valence electrons. The third-order valence-corrected chi connectivity index (χ3v) is 3.02. The van der Waals surface area contributed by atoms with Gasteiger partial charge in [-0.05, 0) is 39.8 Å². The average Bonchev–Trinajstić information content (AvgIpc) is 2.33. The Bertz CT molecular complexity index is 485. The van der Waals surface area contributed by atoms with Crippen molar-refractivity contribution >= 4 is 22.0 Å². The van der Waals surface area contributed by atoms with Gasteiger partial charge in [-0.15, -0.1) is 0 Å². The van der Waals surface area contributed by atoms with Gasteiger partial charge < -0.3 is 19.9 Å². The van der Waals surface area contributed by atoms with E-state index in [0.717, 1.165) is 10.0 Å². The molecule has 1 rings (SSSR count). The van der Waals surface area contributed by atoms with E-state index in [1.807, 2.05) is 39.8 Å². The molecule has 1 aromatic rings. The van der Waals surface area contributed by atoms with Gasteiger partial charge in [-0.2, -0.15) is 0 Å². The van der Waals surface area contributed by atoms with E-state index >= 15 is 0 Å². The number of carbonyl (C=O) groups excluding carboxylic acids is 1. The van der Waals surface area contributed by atoms with Crippen LogP contribution >= 0.6 is 15.9 Å². The summed E-state index contributed by atoms with van der Waals surface area (Å²) in [6.45, 7) is 7.41. The predicted octanol–water partition coefficient (Wildman–Crippen LogP) is 3.41. The van der Waals surface area contributed by atoms with Crippen LogP contribution in [0.2, 0.25) is 0 Å². The molecule has 0 fully saturated rings. The molecule has 0 aromatic heterocycles. The first-order valence-corrected chi connectivity index (χ1v) is 7.55. The van der Waals surface area contributed by atoms with Crippen LogP contribution in [-0.2, 0) is 4.74 Å². The van der Waals surface area contributed by atoms with E-state index < -0.39 is 11.7 Å². The summed E-state index contributed by atoms with van der Waals surface area (Å²) >= 11 is 3.37. The van der Waals surface area contributed by atoms with Crippen molar-refractivity contribution in [2.24, 2.45) is 0 Å². The molecule has 1 amide bonds. The number of benzene rings is 1. The molecule has 0 spiro atoms. The lowest BCUT2D eigenvalue weighted by molar-refractivity contribution is 0.0507. The van der Waals surface area contributed by atoms with Crippen LogP contribution in [0.25, 0.3) is 0 Å². The Labute approximate surface area is 133 Å². The van der Waals surface area contributed by atoms with Crippen LogP contribution in [0.4, 0.5) is 4.79 Å². The van der Waals surface area contributed by atoms with E-state index in [0.29, 0.717) is 5.75 Å². The van der Waals surface area contributed by atoms with Gasteiger partial charge in [0.15, 0.2) is 0 Å². The molecule has 0 saturated carbocycles. The molecule has 0 heterocycles. The summed E-state index contributed by atoms with van der Waals surface area (Å²) in [6.07, 6.45) is -0.481. The zero-order valence-electron chi connectivity index (χ0n) is 12.8. The smallest absolute Gasteiger partial charge is 0.408 e. The first kappa shape index (κ1) is 17.8. The van der Waals surface area contributed by atoms with E-state index in [1.165, 1.54) is 0 Å². The molecule has 0 saturated heterocycles. The molecule has 0 aliphatic carbocycles. The van der Waals surface area contributed by atoms with Crippen LogP contribution in [0.5, 0.6) is 5.75 Å². The number of ether oxygens (including phenoxy) is 2. The molecule has 0 aliphatic rings. The lowest BCUT2D eigenvalue weighted by Crippen LogP contribution is -2.34. The van der Waals surface area contributed by atoms with Crippen LogP contribution in [0.1, 0.15) is 39.3 Å². The summed E-state index contributed by atoms with van der Waals surface area (Å²) in [5, 5.41) is 11.6. The van der Waals surface area contributed by atoms with Crippen molar-refractivity contribution in [2.45, 2.75) is 39.3 Å². The highest BCUT2D eigenvalue weighted by molar-refractivity contribution is 9.10. The first-order valence-electron chi connectivity index (χ1n) is 6.75. The van der Waals surface area contributed by atoms with E-state index in [-0.39, 0.29) is 19.3 Å². The number of aliphatic hydroxyl groups excluding tert-OH is 1. The van der Waals surface area contributed by atoms with Crippen molar-refractivity contribution < 1.29 is 19.4 Å². The highest BCUT2D eigenvalue weighted by Gasteiger charge is 2.20. The van der Waals surface area contributed by atoms with Gasteiger partial charge in [0.25, 0.3) is 0 Å². The van der Waals surface area contributed by atoms with Crippen molar-refractivity contribution in [1.82, 2.24) is 5.32 Å². The summed E-state index contributed by atoms with van der Waals surface area (Å²) in [7, 11) is 0. The standard InChI is InChI=1S/C15H22BrNO4/c1-10(17-14(19)21-15(2,3)4)12-6-5-11(16)9-13(12)20-8-7-18/h5-6,9-10,18H,7-8H2,1-4H3,(H,17,19). The Kier molecular flexibility index (Phi) is 6.48. The predicted molar refractivity (Wildman–Crippen MR) is 84.5 cm³/mol. The van der Waals surface area contributed by atoms with Crippen molar-refractivity contribution in [3.63, 3.8) is 0 Å². The Morgan fingerprint density at radius 2 is 2.10 bits per heavy atom. The molecular formula is C15H22BrNO4. The maximum atomic E-state index is 11.8. The zero-order valence-corrected chi connectivity index (χ0v) is 14.4. The Balaban J connectivity index is 2.81. The second-order valence-corrected chi connectivity index (χ2v) is 6.54. The molecule has 6 heteroatoms. The van der Waals surface area contributed by atoms with Gasteiger partial charge >= 0.3 is 6.09 Å². The Morgan fingerprint density at radius 3 is 2.67 bits per heavy atom. The lowest BCUT2D eigenvalue weighted by Gasteiger charge is -2.23. The zero-order chi connectivity index (χ0) is 16.0. The summed E-state index contributed by atoms with van der Waals surface area (Å²) < 4.78 is 11.6. The number of hydrogen-bond acceptors (Lipinski definition) is 4. The SMILES string of the molecule is CC(NC(=O)OC(C)(C)C)c1ccc(Br)cc1OCCO. The summed E-state index contributed by atoms with van der Waals surface area (Å²) in [6, 6.07) is 5.26. The van der Waals surface area contributed by atoms with Crippen molar-refractivity contribution in [1.29, 1.82) is 0 Å². The van der Waals surface area contributed by atoms with Gasteiger partial charge in [-0.1, -0.05) is 22.0 Å². The van der Waals surface area contributed by atoms with Crippen LogP contribution in [0, 0.1) is 0 Å². The maximum Gasteiger partial charge on any atom is 0.408 e. The number of halogens is 1. The summed E-state index contributed by atoms with van der Waals surface area (Å²) in [5.74, 6) is 0.613. The third kappa shape index (κ3) is 6.35. The molecular weight excluding hydrogens is 338 g/mol. The van der Waals surface area contributed by atoms with Crippen molar-refractivity contribution in [3.05, 3.63) is 28.2 Å². The topological polar surface area (TPSA) is 67.8 Å². The quantitative estimate of drug-likeness (QED) is 0.845. The van der Waals surface area contributed by atoms with Gasteiger partial charge in [0.2, 0.25) is 0 Å². The molecule has 1 aromatic carbocycles. The number of rotatable bonds is 5. The number of amides is 1. The number of alkyl carbamates (subject to hydrolysis) is 1. The van der Waals surface area contributed by atoms with E-state index in [2.05, 4.69) is 21.2 Å². The number of nitrogens with one attached hydrogen (secondary N) is 1. The fourth-order valence-corrected chi connectivity index (χ4v) is 2.05.